The van der Waals surface area contributed by atoms with Crippen molar-refractivity contribution in [2.75, 3.05) is 4.90 Å². The smallest absolute Gasteiger partial charge is 0.0540 e. The van der Waals surface area contributed by atoms with E-state index in [1.807, 2.05) is 0 Å². The fourth-order valence-electron chi connectivity index (χ4n) is 5.76. The molecule has 0 bridgehead atoms. The highest BCUT2D eigenvalue weighted by atomic mass is 15.1. The summed E-state index contributed by atoms with van der Waals surface area (Å²) in [5.74, 6) is 0. The first-order chi connectivity index (χ1) is 20.4. The molecule has 0 aliphatic rings. The first-order valence-electron chi connectivity index (χ1n) is 14.0. The minimum Gasteiger partial charge on any atom is -0.309 e. The molecule has 0 N–H and O–H groups in total. The molecule has 41 heavy (non-hydrogen) atoms. The first kappa shape index (κ1) is 24.6. The van der Waals surface area contributed by atoms with Crippen LogP contribution in [-0.4, -0.2) is 0 Å². The summed E-state index contributed by atoms with van der Waals surface area (Å²) in [4.78, 5) is 2.42. The second-order valence-corrected chi connectivity index (χ2v) is 10.2. The van der Waals surface area contributed by atoms with Crippen LogP contribution >= 0.6 is 0 Å². The average molecular weight is 524 g/mol. The molecule has 7 aromatic carbocycles. The molecule has 7 aromatic rings. The average Bonchev–Trinajstić information content (AvgIpc) is 3.06. The van der Waals surface area contributed by atoms with Crippen LogP contribution in [0.15, 0.2) is 176 Å². The van der Waals surface area contributed by atoms with Gasteiger partial charge in [-0.15, -0.1) is 0 Å². The summed E-state index contributed by atoms with van der Waals surface area (Å²) in [5.41, 5.74) is 10.6. The van der Waals surface area contributed by atoms with Gasteiger partial charge in [-0.2, -0.15) is 0 Å². The minimum absolute atomic E-state index is 1.11. The number of para-hydroxylation sites is 2. The van der Waals surface area contributed by atoms with E-state index < -0.39 is 0 Å². The molecule has 0 aromatic heterocycles. The van der Waals surface area contributed by atoms with Gasteiger partial charge in [-0.25, -0.2) is 0 Å². The third-order valence-electron chi connectivity index (χ3n) is 7.66. The quantitative estimate of drug-likeness (QED) is 0.209. The molecule has 0 amide bonds. The van der Waals surface area contributed by atoms with Crippen LogP contribution in [-0.2, 0) is 0 Å². The van der Waals surface area contributed by atoms with Crippen LogP contribution in [0.3, 0.4) is 0 Å². The molecule has 0 spiro atoms. The molecule has 0 unspecified atom stereocenters. The van der Waals surface area contributed by atoms with Crippen molar-refractivity contribution in [3.05, 3.63) is 176 Å². The summed E-state index contributed by atoms with van der Waals surface area (Å²) >= 11 is 0. The zero-order chi connectivity index (χ0) is 27.4. The van der Waals surface area contributed by atoms with Gasteiger partial charge in [-0.05, 0) is 57.3 Å². The highest BCUT2D eigenvalue weighted by molar-refractivity contribution is 5.98. The highest BCUT2D eigenvalue weighted by Crippen LogP contribution is 2.45. The van der Waals surface area contributed by atoms with Crippen LogP contribution in [0.2, 0.25) is 0 Å². The van der Waals surface area contributed by atoms with E-state index in [0.717, 1.165) is 17.1 Å². The standard InChI is InChI=1S/C40H29N/c1-3-15-31(16-4-1)37-24-9-11-27-39(37)41(40-28-12-10-25-38(40)32-17-5-2-6-18-32)34-22-13-21-33(29-34)36-26-14-20-30-19-7-8-23-35(30)36/h1-29H. The molecular formula is C40H29N. The molecule has 0 saturated heterocycles. The molecule has 0 aliphatic carbocycles. The van der Waals surface area contributed by atoms with Gasteiger partial charge in [0.05, 0.1) is 11.4 Å². The maximum absolute atomic E-state index is 2.42. The van der Waals surface area contributed by atoms with Crippen molar-refractivity contribution in [3.8, 4) is 33.4 Å². The van der Waals surface area contributed by atoms with Crippen LogP contribution in [0.5, 0.6) is 0 Å². The lowest BCUT2D eigenvalue weighted by molar-refractivity contribution is 1.28. The maximum atomic E-state index is 2.42. The van der Waals surface area contributed by atoms with Crippen molar-refractivity contribution >= 4 is 27.8 Å². The molecule has 1 heteroatoms. The van der Waals surface area contributed by atoms with Crippen molar-refractivity contribution in [1.82, 2.24) is 0 Å². The number of nitrogens with zero attached hydrogens (tertiary/aromatic N) is 1. The SMILES string of the molecule is c1ccc(-c2ccccc2N(c2cccc(-c3cccc4ccccc34)c2)c2ccccc2-c2ccccc2)cc1. The second-order valence-electron chi connectivity index (χ2n) is 10.2. The van der Waals surface area contributed by atoms with Gasteiger partial charge in [0.25, 0.3) is 0 Å². The molecule has 0 saturated carbocycles. The third kappa shape index (κ3) is 4.79. The minimum atomic E-state index is 1.11. The molecule has 7 rings (SSSR count). The van der Waals surface area contributed by atoms with E-state index in [-0.39, 0.29) is 0 Å². The van der Waals surface area contributed by atoms with E-state index in [1.54, 1.807) is 0 Å². The molecule has 0 aliphatic heterocycles. The molecule has 0 fully saturated rings. The summed E-state index contributed by atoms with van der Waals surface area (Å²) in [6.45, 7) is 0. The van der Waals surface area contributed by atoms with Gasteiger partial charge in [0.15, 0.2) is 0 Å². The van der Waals surface area contributed by atoms with Crippen molar-refractivity contribution in [2.24, 2.45) is 0 Å². The monoisotopic (exact) mass is 523 g/mol. The van der Waals surface area contributed by atoms with Gasteiger partial charge in [-0.3, -0.25) is 0 Å². The molecule has 0 radical (unpaired) electrons. The zero-order valence-corrected chi connectivity index (χ0v) is 22.7. The largest absolute Gasteiger partial charge is 0.309 e. The Kier molecular flexibility index (Phi) is 6.61. The molecular weight excluding hydrogens is 494 g/mol. The van der Waals surface area contributed by atoms with Crippen LogP contribution in [0.25, 0.3) is 44.2 Å². The second kappa shape index (κ2) is 11.0. The first-order valence-corrected chi connectivity index (χ1v) is 14.0. The van der Waals surface area contributed by atoms with Crippen LogP contribution in [0.4, 0.5) is 17.1 Å². The Morgan fingerprint density at radius 3 is 1.44 bits per heavy atom. The van der Waals surface area contributed by atoms with E-state index in [9.17, 15) is 0 Å². The van der Waals surface area contributed by atoms with E-state index in [0.29, 0.717) is 0 Å². The normalized spacial score (nSPS) is 10.9. The summed E-state index contributed by atoms with van der Waals surface area (Å²) in [5, 5.41) is 2.50. The lowest BCUT2D eigenvalue weighted by atomic mass is 9.96. The summed E-state index contributed by atoms with van der Waals surface area (Å²) < 4.78 is 0. The van der Waals surface area contributed by atoms with Crippen LogP contribution < -0.4 is 4.90 Å². The summed E-state index contributed by atoms with van der Waals surface area (Å²) in [6.07, 6.45) is 0. The van der Waals surface area contributed by atoms with Crippen molar-refractivity contribution in [2.45, 2.75) is 0 Å². The number of benzene rings is 7. The van der Waals surface area contributed by atoms with E-state index in [4.69, 9.17) is 0 Å². The van der Waals surface area contributed by atoms with E-state index in [2.05, 4.69) is 181 Å². The number of fused-ring (bicyclic) bond motifs is 1. The predicted octanol–water partition coefficient (Wildman–Crippen LogP) is 11.3. The topological polar surface area (TPSA) is 3.24 Å². The van der Waals surface area contributed by atoms with Gasteiger partial charge < -0.3 is 4.90 Å². The van der Waals surface area contributed by atoms with Gasteiger partial charge in [0.1, 0.15) is 0 Å². The Labute approximate surface area is 241 Å². The van der Waals surface area contributed by atoms with E-state index >= 15 is 0 Å². The number of anilines is 3. The molecule has 1 nitrogen and oxygen atoms in total. The zero-order valence-electron chi connectivity index (χ0n) is 22.7. The fraction of sp³-hybridized carbons (Fsp3) is 0. The number of hydrogen-bond donors (Lipinski definition) is 0. The molecule has 194 valence electrons. The fourth-order valence-corrected chi connectivity index (χ4v) is 5.76. The Hall–Kier alpha value is -5.40. The van der Waals surface area contributed by atoms with Crippen LogP contribution in [0, 0.1) is 0 Å². The maximum Gasteiger partial charge on any atom is 0.0540 e. The predicted molar refractivity (Wildman–Crippen MR) is 175 cm³/mol. The Morgan fingerprint density at radius 1 is 0.317 bits per heavy atom. The Morgan fingerprint density at radius 2 is 0.780 bits per heavy atom. The summed E-state index contributed by atoms with van der Waals surface area (Å²) in [7, 11) is 0. The molecule has 0 heterocycles. The van der Waals surface area contributed by atoms with E-state index in [1.165, 1.54) is 44.2 Å². The van der Waals surface area contributed by atoms with Crippen molar-refractivity contribution < 1.29 is 0 Å². The summed E-state index contributed by atoms with van der Waals surface area (Å²) in [6, 6.07) is 62.8. The lowest BCUT2D eigenvalue weighted by Gasteiger charge is -2.30. The van der Waals surface area contributed by atoms with Crippen molar-refractivity contribution in [3.63, 3.8) is 0 Å². The van der Waals surface area contributed by atoms with Gasteiger partial charge in [0.2, 0.25) is 0 Å². The van der Waals surface area contributed by atoms with Crippen molar-refractivity contribution in [1.29, 1.82) is 0 Å². The highest BCUT2D eigenvalue weighted by Gasteiger charge is 2.20. The molecule has 0 atom stereocenters. The Balaban J connectivity index is 1.48. The number of hydrogen-bond acceptors (Lipinski definition) is 1. The Bertz CT molecular complexity index is 1850. The third-order valence-corrected chi connectivity index (χ3v) is 7.66. The van der Waals surface area contributed by atoms with Gasteiger partial charge in [0, 0.05) is 16.8 Å². The van der Waals surface area contributed by atoms with Gasteiger partial charge in [-0.1, -0.05) is 152 Å². The number of rotatable bonds is 6. The lowest BCUT2D eigenvalue weighted by Crippen LogP contribution is -2.12. The van der Waals surface area contributed by atoms with Gasteiger partial charge >= 0.3 is 0 Å². The van der Waals surface area contributed by atoms with Crippen LogP contribution in [0.1, 0.15) is 0 Å².